The van der Waals surface area contributed by atoms with Crippen LogP contribution in [-0.4, -0.2) is 52.2 Å². The Kier molecular flexibility index (Phi) is 2.84. The van der Waals surface area contributed by atoms with Crippen LogP contribution in [0, 0.1) is 0 Å². The minimum absolute atomic E-state index is 0.365. The predicted octanol–water partition coefficient (Wildman–Crippen LogP) is -1.37. The molecule has 0 radical (unpaired) electrons. The van der Waals surface area contributed by atoms with Gasteiger partial charge in [0.15, 0.2) is 5.78 Å². The van der Waals surface area contributed by atoms with E-state index in [1.807, 2.05) is 0 Å². The minimum atomic E-state index is -1.12. The predicted molar refractivity (Wildman–Crippen MR) is 43.2 cm³/mol. The van der Waals surface area contributed by atoms with Crippen LogP contribution < -0.4 is 5.73 Å². The molecule has 1 aliphatic heterocycles. The number of Topliss-reactive ketones (excluding diaryl/α,β-unsaturated/α-hetero) is 1. The molecule has 0 aliphatic carbocycles. The zero-order valence-corrected chi connectivity index (χ0v) is 7.01. The van der Waals surface area contributed by atoms with Crippen molar-refractivity contribution in [2.24, 2.45) is 5.73 Å². The molecule has 0 aromatic carbocycles. The average molecular weight is 188 g/mol. The summed E-state index contributed by atoms with van der Waals surface area (Å²) in [6.07, 6.45) is -0.617. The molecule has 0 bridgehead atoms. The largest absolute Gasteiger partial charge is 0.465 e. The quantitative estimate of drug-likeness (QED) is 0.506. The van der Waals surface area contributed by atoms with E-state index in [9.17, 15) is 9.59 Å². The van der Waals surface area contributed by atoms with E-state index in [0.29, 0.717) is 13.0 Å². The average Bonchev–Trinajstić information content (AvgIpc) is 1.99. The number of amides is 1. The van der Waals surface area contributed by atoms with Crippen LogP contribution in [0.5, 0.6) is 0 Å². The van der Waals surface area contributed by atoms with E-state index >= 15 is 0 Å². The van der Waals surface area contributed by atoms with E-state index in [1.165, 1.54) is 0 Å². The number of aliphatic hydroxyl groups is 1. The second kappa shape index (κ2) is 3.71. The number of hydrogen-bond acceptors (Lipinski definition) is 4. The van der Waals surface area contributed by atoms with Gasteiger partial charge >= 0.3 is 6.09 Å². The summed E-state index contributed by atoms with van der Waals surface area (Å²) in [4.78, 5) is 22.8. The van der Waals surface area contributed by atoms with Gasteiger partial charge in [0.05, 0.1) is 18.7 Å². The molecule has 0 saturated carbocycles. The fourth-order valence-corrected chi connectivity index (χ4v) is 1.25. The summed E-state index contributed by atoms with van der Waals surface area (Å²) in [5.74, 6) is -0.406. The first-order valence-electron chi connectivity index (χ1n) is 3.97. The van der Waals surface area contributed by atoms with Crippen LogP contribution in [0.4, 0.5) is 4.79 Å². The van der Waals surface area contributed by atoms with Gasteiger partial charge in [0.25, 0.3) is 0 Å². The Bertz CT molecular complexity index is 231. The van der Waals surface area contributed by atoms with Crippen molar-refractivity contribution >= 4 is 11.9 Å². The Hall–Kier alpha value is -1.14. The van der Waals surface area contributed by atoms with E-state index < -0.39 is 30.6 Å². The van der Waals surface area contributed by atoms with Crippen LogP contribution in [-0.2, 0) is 4.79 Å². The highest BCUT2D eigenvalue weighted by atomic mass is 16.4. The second-order valence-electron chi connectivity index (χ2n) is 2.97. The highest BCUT2D eigenvalue weighted by Gasteiger charge is 2.39. The zero-order chi connectivity index (χ0) is 10.0. The molecule has 0 aromatic rings. The fourth-order valence-electron chi connectivity index (χ4n) is 1.25. The zero-order valence-electron chi connectivity index (χ0n) is 7.01. The number of ketones is 1. The number of nitrogens with zero attached hydrogens (tertiary/aromatic N) is 1. The van der Waals surface area contributed by atoms with E-state index in [0.717, 1.165) is 4.90 Å². The van der Waals surface area contributed by atoms with Crippen molar-refractivity contribution in [1.29, 1.82) is 0 Å². The van der Waals surface area contributed by atoms with E-state index in [1.54, 1.807) is 0 Å². The number of nitrogens with two attached hydrogens (primary N) is 1. The molecule has 74 valence electrons. The van der Waals surface area contributed by atoms with E-state index in [-0.39, 0.29) is 0 Å². The van der Waals surface area contributed by atoms with Gasteiger partial charge in [-0.3, -0.25) is 9.69 Å². The maximum Gasteiger partial charge on any atom is 0.407 e. The number of carbonyl (C=O) groups excluding carboxylic acids is 1. The monoisotopic (exact) mass is 188 g/mol. The fraction of sp³-hybridized carbons (Fsp3) is 0.714. The van der Waals surface area contributed by atoms with Gasteiger partial charge < -0.3 is 15.9 Å². The van der Waals surface area contributed by atoms with Crippen LogP contribution in [0.2, 0.25) is 0 Å². The summed E-state index contributed by atoms with van der Waals surface area (Å²) < 4.78 is 0. The molecule has 1 unspecified atom stereocenters. The van der Waals surface area contributed by atoms with Crippen molar-refractivity contribution in [2.45, 2.75) is 18.5 Å². The molecule has 6 heteroatoms. The van der Waals surface area contributed by atoms with Crippen LogP contribution in [0.3, 0.4) is 0 Å². The summed E-state index contributed by atoms with van der Waals surface area (Å²) in [6, 6.07) is -1.62. The summed E-state index contributed by atoms with van der Waals surface area (Å²) >= 11 is 0. The molecule has 4 N–H and O–H groups in total. The van der Waals surface area contributed by atoms with Crippen molar-refractivity contribution in [3.63, 3.8) is 0 Å². The lowest BCUT2D eigenvalue weighted by Gasteiger charge is -2.38. The number of rotatable bonds is 3. The first kappa shape index (κ1) is 9.94. The first-order valence-corrected chi connectivity index (χ1v) is 3.97. The molecule has 1 aliphatic rings. The van der Waals surface area contributed by atoms with Gasteiger partial charge in [-0.05, 0) is 6.42 Å². The molecule has 1 fully saturated rings. The Morgan fingerprint density at radius 1 is 1.62 bits per heavy atom. The Morgan fingerprint density at radius 2 is 2.23 bits per heavy atom. The van der Waals surface area contributed by atoms with Gasteiger partial charge in [-0.25, -0.2) is 4.79 Å². The molecule has 1 saturated heterocycles. The summed E-state index contributed by atoms with van der Waals surface area (Å²) in [7, 11) is 0. The van der Waals surface area contributed by atoms with Gasteiger partial charge in [-0.1, -0.05) is 0 Å². The molecule has 1 rings (SSSR count). The van der Waals surface area contributed by atoms with Gasteiger partial charge in [-0.15, -0.1) is 0 Å². The van der Waals surface area contributed by atoms with Crippen molar-refractivity contribution in [3.05, 3.63) is 0 Å². The number of carbonyl (C=O) groups is 2. The lowest BCUT2D eigenvalue weighted by atomic mass is 9.95. The first-order chi connectivity index (χ1) is 6.07. The van der Waals surface area contributed by atoms with Gasteiger partial charge in [-0.2, -0.15) is 0 Å². The van der Waals surface area contributed by atoms with Crippen LogP contribution in [0.25, 0.3) is 0 Å². The molecule has 0 spiro atoms. The Morgan fingerprint density at radius 3 is 2.54 bits per heavy atom. The van der Waals surface area contributed by atoms with Crippen LogP contribution in [0.1, 0.15) is 6.42 Å². The number of carboxylic acid groups (broad SMARTS) is 1. The van der Waals surface area contributed by atoms with Crippen molar-refractivity contribution in [1.82, 2.24) is 4.90 Å². The molecule has 13 heavy (non-hydrogen) atoms. The molecule has 1 heterocycles. The standard InChI is InChI=1S/C7H12N2O4/c8-4(3-10)6(11)5-1-2-9(5)7(12)13/h4-5,10H,1-3,8H2,(H,12,13)/t4-,5?/m0/s1. The van der Waals surface area contributed by atoms with E-state index in [2.05, 4.69) is 0 Å². The summed E-state index contributed by atoms with van der Waals surface area (Å²) in [5.41, 5.74) is 5.27. The van der Waals surface area contributed by atoms with Crippen molar-refractivity contribution < 1.29 is 19.8 Å². The lowest BCUT2D eigenvalue weighted by molar-refractivity contribution is -0.129. The molecule has 1 amide bonds. The van der Waals surface area contributed by atoms with Gasteiger partial charge in [0, 0.05) is 6.54 Å². The highest BCUT2D eigenvalue weighted by Crippen LogP contribution is 2.18. The Labute approximate surface area is 74.9 Å². The van der Waals surface area contributed by atoms with Crippen molar-refractivity contribution in [3.8, 4) is 0 Å². The van der Waals surface area contributed by atoms with Crippen LogP contribution in [0.15, 0.2) is 0 Å². The SMILES string of the molecule is N[C@@H](CO)C(=O)C1CCN1C(=O)O. The highest BCUT2D eigenvalue weighted by molar-refractivity contribution is 5.92. The van der Waals surface area contributed by atoms with Gasteiger partial charge in [0.1, 0.15) is 0 Å². The topological polar surface area (TPSA) is 104 Å². The third-order valence-electron chi connectivity index (χ3n) is 2.16. The van der Waals surface area contributed by atoms with E-state index in [4.69, 9.17) is 15.9 Å². The second-order valence-corrected chi connectivity index (χ2v) is 2.97. The molecular weight excluding hydrogens is 176 g/mol. The third kappa shape index (κ3) is 1.78. The minimum Gasteiger partial charge on any atom is -0.465 e. The maximum atomic E-state index is 11.3. The number of hydrogen-bond donors (Lipinski definition) is 3. The third-order valence-corrected chi connectivity index (χ3v) is 2.16. The lowest BCUT2D eigenvalue weighted by Crippen LogP contribution is -2.59. The maximum absolute atomic E-state index is 11.3. The normalized spacial score (nSPS) is 23.5. The molecule has 6 nitrogen and oxygen atoms in total. The summed E-state index contributed by atoms with van der Waals surface area (Å²) in [5, 5.41) is 17.2. The number of aliphatic hydroxyl groups excluding tert-OH is 1. The molecule has 0 aromatic heterocycles. The van der Waals surface area contributed by atoms with Crippen LogP contribution >= 0.6 is 0 Å². The molecular formula is C7H12N2O4. The molecule has 2 atom stereocenters. The Balaban J connectivity index is 2.53. The smallest absolute Gasteiger partial charge is 0.407 e. The number of likely N-dealkylation sites (tertiary alicyclic amines) is 1. The van der Waals surface area contributed by atoms with Gasteiger partial charge in [0.2, 0.25) is 0 Å². The summed E-state index contributed by atoms with van der Waals surface area (Å²) in [6.45, 7) is -0.0767. The van der Waals surface area contributed by atoms with Crippen molar-refractivity contribution in [2.75, 3.05) is 13.2 Å².